The lowest BCUT2D eigenvalue weighted by molar-refractivity contribution is 0.0459. The van der Waals surface area contributed by atoms with Crippen LogP contribution in [0.25, 0.3) is 0 Å². The number of aryl methyl sites for hydroxylation is 2. The van der Waals surface area contributed by atoms with Gasteiger partial charge >= 0.3 is 5.97 Å². The molecule has 0 aliphatic rings. The van der Waals surface area contributed by atoms with Gasteiger partial charge in [-0.1, -0.05) is 0 Å². The summed E-state index contributed by atoms with van der Waals surface area (Å²) in [6, 6.07) is 3.58. The predicted octanol–water partition coefficient (Wildman–Crippen LogP) is 1.55. The number of carbonyl (C=O) groups is 1. The van der Waals surface area contributed by atoms with E-state index in [2.05, 4.69) is 10.1 Å². The van der Waals surface area contributed by atoms with Crippen molar-refractivity contribution in [3.05, 3.63) is 41.5 Å². The first kappa shape index (κ1) is 13.1. The molecule has 0 saturated heterocycles. The van der Waals surface area contributed by atoms with E-state index in [0.29, 0.717) is 23.6 Å². The van der Waals surface area contributed by atoms with E-state index in [1.165, 1.54) is 0 Å². The standard InChI is InChI=1S/C13H16N4O2/c1-3-17-12(11(14)9(2)16-17)13(18)19-8-10-4-6-15-7-5-10/h4-7H,3,8,14H2,1-2H3. The minimum atomic E-state index is -0.461. The van der Waals surface area contributed by atoms with Crippen LogP contribution in [0.15, 0.2) is 24.5 Å². The van der Waals surface area contributed by atoms with Crippen molar-refractivity contribution in [2.45, 2.75) is 27.0 Å². The van der Waals surface area contributed by atoms with E-state index in [0.717, 1.165) is 5.56 Å². The number of esters is 1. The van der Waals surface area contributed by atoms with Gasteiger partial charge in [-0.15, -0.1) is 0 Å². The van der Waals surface area contributed by atoms with Crippen LogP contribution >= 0.6 is 0 Å². The molecule has 6 nitrogen and oxygen atoms in total. The Balaban J connectivity index is 2.12. The Bertz CT molecular complexity index is 578. The van der Waals surface area contributed by atoms with Gasteiger partial charge in [-0.05, 0) is 31.5 Å². The molecule has 0 radical (unpaired) electrons. The summed E-state index contributed by atoms with van der Waals surface area (Å²) in [6.45, 7) is 4.42. The predicted molar refractivity (Wildman–Crippen MR) is 70.4 cm³/mol. The maximum atomic E-state index is 12.1. The third-order valence-electron chi connectivity index (χ3n) is 2.79. The number of hydrogen-bond donors (Lipinski definition) is 1. The molecule has 2 rings (SSSR count). The summed E-state index contributed by atoms with van der Waals surface area (Å²) < 4.78 is 6.80. The van der Waals surface area contributed by atoms with Crippen molar-refractivity contribution in [1.29, 1.82) is 0 Å². The summed E-state index contributed by atoms with van der Waals surface area (Å²) in [5.74, 6) is -0.461. The summed E-state index contributed by atoms with van der Waals surface area (Å²) in [5.41, 5.74) is 8.06. The summed E-state index contributed by atoms with van der Waals surface area (Å²) in [5, 5.41) is 4.19. The summed E-state index contributed by atoms with van der Waals surface area (Å²) >= 11 is 0. The van der Waals surface area contributed by atoms with Crippen molar-refractivity contribution in [2.75, 3.05) is 5.73 Å². The fourth-order valence-electron chi connectivity index (χ4n) is 1.74. The quantitative estimate of drug-likeness (QED) is 0.843. The summed E-state index contributed by atoms with van der Waals surface area (Å²) in [7, 11) is 0. The monoisotopic (exact) mass is 260 g/mol. The highest BCUT2D eigenvalue weighted by atomic mass is 16.5. The highest BCUT2D eigenvalue weighted by molar-refractivity contribution is 5.93. The van der Waals surface area contributed by atoms with Gasteiger partial charge in [0.2, 0.25) is 0 Å². The molecule has 0 aliphatic carbocycles. The Morgan fingerprint density at radius 3 is 2.74 bits per heavy atom. The number of carbonyl (C=O) groups excluding carboxylic acids is 1. The van der Waals surface area contributed by atoms with Crippen molar-refractivity contribution >= 4 is 11.7 Å². The Hall–Kier alpha value is -2.37. The average molecular weight is 260 g/mol. The molecule has 0 fully saturated rings. The number of pyridine rings is 1. The van der Waals surface area contributed by atoms with Crippen LogP contribution in [0.5, 0.6) is 0 Å². The van der Waals surface area contributed by atoms with E-state index >= 15 is 0 Å². The molecule has 0 saturated carbocycles. The van der Waals surface area contributed by atoms with Crippen LogP contribution in [0.3, 0.4) is 0 Å². The molecule has 0 unspecified atom stereocenters. The van der Waals surface area contributed by atoms with Crippen molar-refractivity contribution in [2.24, 2.45) is 0 Å². The van der Waals surface area contributed by atoms with Gasteiger partial charge in [0.1, 0.15) is 6.61 Å². The number of nitrogens with two attached hydrogens (primary N) is 1. The number of anilines is 1. The van der Waals surface area contributed by atoms with Gasteiger partial charge < -0.3 is 10.5 Å². The van der Waals surface area contributed by atoms with Gasteiger partial charge in [0.25, 0.3) is 0 Å². The van der Waals surface area contributed by atoms with Gasteiger partial charge in [0.05, 0.1) is 11.4 Å². The summed E-state index contributed by atoms with van der Waals surface area (Å²) in [6.07, 6.45) is 3.30. The van der Waals surface area contributed by atoms with Crippen molar-refractivity contribution in [3.63, 3.8) is 0 Å². The van der Waals surface area contributed by atoms with Crippen LogP contribution in [0.1, 0.15) is 28.7 Å². The zero-order valence-corrected chi connectivity index (χ0v) is 11.0. The second-order valence-electron chi connectivity index (χ2n) is 4.10. The van der Waals surface area contributed by atoms with Gasteiger partial charge in [0.15, 0.2) is 5.69 Å². The molecule has 0 bridgehead atoms. The zero-order chi connectivity index (χ0) is 13.8. The Morgan fingerprint density at radius 1 is 1.42 bits per heavy atom. The average Bonchev–Trinajstić information content (AvgIpc) is 2.73. The van der Waals surface area contributed by atoms with Crippen LogP contribution in [0, 0.1) is 6.92 Å². The third-order valence-corrected chi connectivity index (χ3v) is 2.79. The maximum Gasteiger partial charge on any atom is 0.359 e. The van der Waals surface area contributed by atoms with Crippen LogP contribution in [-0.4, -0.2) is 20.7 Å². The number of aromatic nitrogens is 3. The molecule has 19 heavy (non-hydrogen) atoms. The molecule has 6 heteroatoms. The van der Waals surface area contributed by atoms with E-state index in [4.69, 9.17) is 10.5 Å². The van der Waals surface area contributed by atoms with Gasteiger partial charge in [-0.3, -0.25) is 9.67 Å². The van der Waals surface area contributed by atoms with Gasteiger partial charge in [-0.25, -0.2) is 4.79 Å². The van der Waals surface area contributed by atoms with E-state index < -0.39 is 5.97 Å². The molecule has 0 atom stereocenters. The molecule has 0 aliphatic heterocycles. The van der Waals surface area contributed by atoms with Gasteiger partial charge in [-0.2, -0.15) is 5.10 Å². The van der Waals surface area contributed by atoms with Crippen LogP contribution in [0.4, 0.5) is 5.69 Å². The highest BCUT2D eigenvalue weighted by Crippen LogP contribution is 2.18. The first-order valence-corrected chi connectivity index (χ1v) is 6.02. The molecule has 2 N–H and O–H groups in total. The largest absolute Gasteiger partial charge is 0.456 e. The second kappa shape index (κ2) is 5.51. The lowest BCUT2D eigenvalue weighted by Gasteiger charge is -2.07. The summed E-state index contributed by atoms with van der Waals surface area (Å²) in [4.78, 5) is 16.0. The van der Waals surface area contributed by atoms with E-state index in [-0.39, 0.29) is 6.61 Å². The SMILES string of the molecule is CCn1nc(C)c(N)c1C(=O)OCc1ccncc1. The number of rotatable bonds is 4. The maximum absolute atomic E-state index is 12.1. The first-order chi connectivity index (χ1) is 9.13. The molecule has 100 valence electrons. The molecular formula is C13H16N4O2. The Kier molecular flexibility index (Phi) is 3.79. The third kappa shape index (κ3) is 2.73. The molecule has 0 spiro atoms. The van der Waals surface area contributed by atoms with E-state index in [9.17, 15) is 4.79 Å². The minimum Gasteiger partial charge on any atom is -0.456 e. The molecule has 0 aromatic carbocycles. The van der Waals surface area contributed by atoms with Crippen molar-refractivity contribution < 1.29 is 9.53 Å². The smallest absolute Gasteiger partial charge is 0.359 e. The number of nitrogen functional groups attached to an aromatic ring is 1. The van der Waals surface area contributed by atoms with Crippen LogP contribution < -0.4 is 5.73 Å². The van der Waals surface area contributed by atoms with E-state index in [1.807, 2.05) is 6.92 Å². The van der Waals surface area contributed by atoms with Crippen molar-refractivity contribution in [1.82, 2.24) is 14.8 Å². The topological polar surface area (TPSA) is 83.0 Å². The first-order valence-electron chi connectivity index (χ1n) is 6.02. The van der Waals surface area contributed by atoms with Gasteiger partial charge in [0, 0.05) is 18.9 Å². The number of hydrogen-bond acceptors (Lipinski definition) is 5. The lowest BCUT2D eigenvalue weighted by Crippen LogP contribution is -2.14. The highest BCUT2D eigenvalue weighted by Gasteiger charge is 2.20. The zero-order valence-electron chi connectivity index (χ0n) is 11.0. The fraction of sp³-hybridized carbons (Fsp3) is 0.308. The van der Waals surface area contributed by atoms with Crippen molar-refractivity contribution in [3.8, 4) is 0 Å². The number of nitrogens with zero attached hydrogens (tertiary/aromatic N) is 3. The lowest BCUT2D eigenvalue weighted by atomic mass is 10.3. The molecule has 0 amide bonds. The van der Waals surface area contributed by atoms with Crippen LogP contribution in [-0.2, 0) is 17.9 Å². The normalized spacial score (nSPS) is 10.4. The second-order valence-corrected chi connectivity index (χ2v) is 4.10. The number of ether oxygens (including phenoxy) is 1. The van der Waals surface area contributed by atoms with Crippen LogP contribution in [0.2, 0.25) is 0 Å². The van der Waals surface area contributed by atoms with E-state index in [1.54, 1.807) is 36.1 Å². The fourth-order valence-corrected chi connectivity index (χ4v) is 1.74. The minimum absolute atomic E-state index is 0.189. The molecular weight excluding hydrogens is 244 g/mol. The Labute approximate surface area is 111 Å². The molecule has 2 aromatic heterocycles. The molecule has 2 heterocycles. The molecule has 2 aromatic rings. The Morgan fingerprint density at radius 2 is 2.11 bits per heavy atom.